The number of thiophene rings is 1. The number of ether oxygens (including phenoxy) is 3. The molecule has 0 spiro atoms. The van der Waals surface area contributed by atoms with Gasteiger partial charge in [0, 0.05) is 17.0 Å². The molecule has 5 rings (SSSR count). The molecule has 2 aromatic heterocycles. The Balaban J connectivity index is 1.32. The molecule has 2 amide bonds. The molecule has 11 nitrogen and oxygen atoms in total. The minimum Gasteiger partial charge on any atom is -0.493 e. The lowest BCUT2D eigenvalue weighted by Gasteiger charge is -2.15. The maximum absolute atomic E-state index is 13.4. The smallest absolute Gasteiger partial charge is 0.341 e. The monoisotopic (exact) mass is 663 g/mol. The lowest BCUT2D eigenvalue weighted by Crippen LogP contribution is -2.26. The van der Waals surface area contributed by atoms with Crippen LogP contribution in [0.25, 0.3) is 0 Å². The summed E-state index contributed by atoms with van der Waals surface area (Å²) in [5, 5.41) is 15.2. The third-order valence-electron chi connectivity index (χ3n) is 7.60. The van der Waals surface area contributed by atoms with Crippen molar-refractivity contribution in [2.45, 2.75) is 63.0 Å². The van der Waals surface area contributed by atoms with Crippen molar-refractivity contribution in [3.05, 3.63) is 81.5 Å². The lowest BCUT2D eigenvalue weighted by molar-refractivity contribution is -0.115. The van der Waals surface area contributed by atoms with Gasteiger partial charge in [-0.15, -0.1) is 21.5 Å². The summed E-state index contributed by atoms with van der Waals surface area (Å²) >= 11 is 2.72. The highest BCUT2D eigenvalue weighted by Crippen LogP contribution is 2.40. The van der Waals surface area contributed by atoms with E-state index in [0.717, 1.165) is 35.3 Å². The Morgan fingerprint density at radius 1 is 1.04 bits per heavy atom. The Morgan fingerprint density at radius 2 is 1.83 bits per heavy atom. The van der Waals surface area contributed by atoms with Gasteiger partial charge >= 0.3 is 5.97 Å². The van der Waals surface area contributed by atoms with Crippen LogP contribution in [-0.2, 0) is 41.9 Å². The van der Waals surface area contributed by atoms with Crippen molar-refractivity contribution in [3.8, 4) is 11.5 Å². The minimum atomic E-state index is -0.555. The topological polar surface area (TPSA) is 134 Å². The fourth-order valence-corrected chi connectivity index (χ4v) is 7.40. The number of carbonyl (C=O) groups is 3. The van der Waals surface area contributed by atoms with Crippen molar-refractivity contribution in [2.75, 3.05) is 26.1 Å². The minimum absolute atomic E-state index is 0.125. The van der Waals surface area contributed by atoms with E-state index < -0.39 is 11.2 Å². The van der Waals surface area contributed by atoms with Gasteiger partial charge in [0.1, 0.15) is 5.00 Å². The normalized spacial score (nSPS) is 12.7. The number of carbonyl (C=O) groups excluding carboxylic acids is 3. The molecule has 0 radical (unpaired) electrons. The molecule has 0 fully saturated rings. The van der Waals surface area contributed by atoms with Crippen LogP contribution in [0, 0.1) is 0 Å². The Hall–Kier alpha value is -4.36. The van der Waals surface area contributed by atoms with Crippen LogP contribution in [0.15, 0.2) is 53.7 Å². The second-order valence-corrected chi connectivity index (χ2v) is 13.0. The molecule has 0 bridgehead atoms. The Kier molecular flexibility index (Phi) is 11.0. The number of aromatic nitrogens is 3. The van der Waals surface area contributed by atoms with Gasteiger partial charge in [-0.2, -0.15) is 0 Å². The molecule has 0 saturated heterocycles. The second kappa shape index (κ2) is 15.3. The Bertz CT molecular complexity index is 1700. The van der Waals surface area contributed by atoms with Crippen LogP contribution in [0.3, 0.4) is 0 Å². The van der Waals surface area contributed by atoms with Crippen molar-refractivity contribution < 1.29 is 28.6 Å². The van der Waals surface area contributed by atoms with Crippen LogP contribution < -0.4 is 20.1 Å². The largest absolute Gasteiger partial charge is 0.493 e. The van der Waals surface area contributed by atoms with E-state index in [0.29, 0.717) is 51.6 Å². The van der Waals surface area contributed by atoms with Crippen molar-refractivity contribution in [1.29, 1.82) is 0 Å². The van der Waals surface area contributed by atoms with E-state index in [1.165, 1.54) is 37.3 Å². The first kappa shape index (κ1) is 33.0. The molecular formula is C33H37N5O6S2. The average Bonchev–Trinajstić information content (AvgIpc) is 3.77. The molecule has 46 heavy (non-hydrogen) atoms. The highest BCUT2D eigenvalue weighted by atomic mass is 32.2. The summed E-state index contributed by atoms with van der Waals surface area (Å²) in [6.07, 6.45) is 3.38. The zero-order chi connectivity index (χ0) is 32.6. The maximum Gasteiger partial charge on any atom is 0.341 e. The fraction of sp³-hybridized carbons (Fsp3) is 0.364. The summed E-state index contributed by atoms with van der Waals surface area (Å²) in [6, 6.07) is 15.0. The molecule has 1 aliphatic rings. The summed E-state index contributed by atoms with van der Waals surface area (Å²) in [7, 11) is 3.05. The summed E-state index contributed by atoms with van der Waals surface area (Å²) < 4.78 is 17.9. The number of esters is 1. The number of anilines is 1. The number of fused-ring (bicyclic) bond motifs is 1. The number of hydrogen-bond acceptors (Lipinski definition) is 10. The number of aryl methyl sites for hydroxylation is 2. The molecule has 1 atom stereocenters. The highest BCUT2D eigenvalue weighted by molar-refractivity contribution is 8.00. The molecule has 0 aliphatic heterocycles. The number of nitrogens with one attached hydrogen (secondary N) is 2. The number of benzene rings is 2. The number of nitrogens with zero attached hydrogens (tertiary/aromatic N) is 3. The van der Waals surface area contributed by atoms with Crippen LogP contribution in [0.4, 0.5) is 5.00 Å². The number of hydrogen-bond donors (Lipinski definition) is 2. The van der Waals surface area contributed by atoms with Gasteiger partial charge in [0.05, 0.1) is 38.2 Å². The molecule has 2 aromatic carbocycles. The van der Waals surface area contributed by atoms with Crippen molar-refractivity contribution in [3.63, 3.8) is 0 Å². The fourth-order valence-electron chi connectivity index (χ4n) is 5.22. The molecule has 13 heteroatoms. The van der Waals surface area contributed by atoms with E-state index >= 15 is 0 Å². The molecule has 0 unspecified atom stereocenters. The van der Waals surface area contributed by atoms with Gasteiger partial charge in [-0.05, 0) is 68.9 Å². The van der Waals surface area contributed by atoms with Gasteiger partial charge in [0.2, 0.25) is 5.91 Å². The molecule has 2 N–H and O–H groups in total. The van der Waals surface area contributed by atoms with Crippen LogP contribution >= 0.6 is 23.1 Å². The first-order chi connectivity index (χ1) is 22.3. The van der Waals surface area contributed by atoms with Crippen molar-refractivity contribution in [1.82, 2.24) is 20.1 Å². The van der Waals surface area contributed by atoms with Crippen LogP contribution in [0.2, 0.25) is 0 Å². The van der Waals surface area contributed by atoms with E-state index in [-0.39, 0.29) is 25.0 Å². The molecule has 2 heterocycles. The van der Waals surface area contributed by atoms with E-state index in [1.54, 1.807) is 32.0 Å². The van der Waals surface area contributed by atoms with Gasteiger partial charge < -0.3 is 29.4 Å². The lowest BCUT2D eigenvalue weighted by atomic mass is 10.1. The Labute approximate surface area is 276 Å². The van der Waals surface area contributed by atoms with Gasteiger partial charge in [-0.25, -0.2) is 4.79 Å². The molecule has 0 saturated carbocycles. The molecular weight excluding hydrogens is 627 g/mol. The average molecular weight is 664 g/mol. The summed E-state index contributed by atoms with van der Waals surface area (Å²) in [4.78, 5) is 40.4. The van der Waals surface area contributed by atoms with Crippen LogP contribution in [0.1, 0.15) is 62.8 Å². The van der Waals surface area contributed by atoms with Crippen LogP contribution in [0.5, 0.6) is 11.5 Å². The SMILES string of the molecule is CCOC(=O)c1c(NC(=O)[C@@H](C)Sc2nnc(CNC(=O)c3ccc(OC)c(OC)c3)n2CCc2ccccc2)sc2c1CCC2. The summed E-state index contributed by atoms with van der Waals surface area (Å²) in [5.41, 5.74) is 3.01. The quantitative estimate of drug-likeness (QED) is 0.136. The molecule has 1 aliphatic carbocycles. The molecule has 4 aromatic rings. The summed E-state index contributed by atoms with van der Waals surface area (Å²) in [5.74, 6) is 0.572. The number of rotatable bonds is 14. The van der Waals surface area contributed by atoms with Crippen molar-refractivity contribution >= 4 is 45.9 Å². The van der Waals surface area contributed by atoms with E-state index in [2.05, 4.69) is 20.8 Å². The zero-order valence-corrected chi connectivity index (χ0v) is 27.9. The van der Waals surface area contributed by atoms with Gasteiger partial charge in [-0.1, -0.05) is 42.1 Å². The Morgan fingerprint density at radius 3 is 2.57 bits per heavy atom. The number of amides is 2. The van der Waals surface area contributed by atoms with E-state index in [9.17, 15) is 14.4 Å². The van der Waals surface area contributed by atoms with Gasteiger partial charge in [0.15, 0.2) is 22.5 Å². The highest BCUT2D eigenvalue weighted by Gasteiger charge is 2.30. The number of thioether (sulfide) groups is 1. The third kappa shape index (κ3) is 7.53. The first-order valence-electron chi connectivity index (χ1n) is 15.1. The van der Waals surface area contributed by atoms with Gasteiger partial charge in [-0.3, -0.25) is 9.59 Å². The second-order valence-electron chi connectivity index (χ2n) is 10.6. The predicted molar refractivity (Wildman–Crippen MR) is 177 cm³/mol. The maximum atomic E-state index is 13.4. The van der Waals surface area contributed by atoms with E-state index in [1.807, 2.05) is 34.9 Å². The van der Waals surface area contributed by atoms with Crippen LogP contribution in [-0.4, -0.2) is 58.6 Å². The first-order valence-corrected chi connectivity index (χ1v) is 16.8. The number of methoxy groups -OCH3 is 2. The van der Waals surface area contributed by atoms with Gasteiger partial charge in [0.25, 0.3) is 5.91 Å². The molecule has 242 valence electrons. The standard InChI is InChI=1S/C33H37N5O6S2/c1-5-44-32(41)28-23-12-9-13-26(23)46-31(28)35-29(39)20(2)45-33-37-36-27(38(33)17-16-21-10-7-6-8-11-21)19-34-30(40)22-14-15-24(42-3)25(18-22)43-4/h6-8,10-11,14-15,18,20H,5,9,12-13,16-17,19H2,1-4H3,(H,34,40)(H,35,39)/t20-/m1/s1. The zero-order valence-electron chi connectivity index (χ0n) is 26.3. The third-order valence-corrected chi connectivity index (χ3v) is 9.89. The predicted octanol–water partition coefficient (Wildman–Crippen LogP) is 5.31. The van der Waals surface area contributed by atoms with E-state index in [4.69, 9.17) is 14.2 Å². The summed E-state index contributed by atoms with van der Waals surface area (Å²) in [6.45, 7) is 4.49. The van der Waals surface area contributed by atoms with Crippen molar-refractivity contribution in [2.24, 2.45) is 0 Å².